The summed E-state index contributed by atoms with van der Waals surface area (Å²) in [6, 6.07) is 11.9. The predicted octanol–water partition coefficient (Wildman–Crippen LogP) is 3.67. The molecular weight excluding hydrogens is 316 g/mol. The van der Waals surface area contributed by atoms with Gasteiger partial charge < -0.3 is 4.90 Å². The molecule has 2 aromatic rings. The normalized spacial score (nSPS) is 16.0. The van der Waals surface area contributed by atoms with Crippen LogP contribution in [0.3, 0.4) is 0 Å². The van der Waals surface area contributed by atoms with E-state index >= 15 is 0 Å². The molecule has 5 heteroatoms. The van der Waals surface area contributed by atoms with Crippen molar-refractivity contribution in [1.82, 2.24) is 9.80 Å². The first-order valence-electron chi connectivity index (χ1n) is 7.44. The van der Waals surface area contributed by atoms with Crippen molar-refractivity contribution in [2.75, 3.05) is 26.2 Å². The van der Waals surface area contributed by atoms with Gasteiger partial charge in [0.05, 0.1) is 4.88 Å². The summed E-state index contributed by atoms with van der Waals surface area (Å²) >= 11 is 7.49. The lowest BCUT2D eigenvalue weighted by atomic mass is 10.2. The van der Waals surface area contributed by atoms with E-state index in [1.165, 1.54) is 10.4 Å². The summed E-state index contributed by atoms with van der Waals surface area (Å²) in [7, 11) is 0. The van der Waals surface area contributed by atoms with Crippen molar-refractivity contribution in [2.24, 2.45) is 0 Å². The summed E-state index contributed by atoms with van der Waals surface area (Å²) in [5.41, 5.74) is 1.26. The Hall–Kier alpha value is -1.36. The number of carbonyl (C=O) groups is 1. The fourth-order valence-corrected chi connectivity index (χ4v) is 3.62. The summed E-state index contributed by atoms with van der Waals surface area (Å²) < 4.78 is 0. The standard InChI is InChI=1S/C17H19ClN2OS/c1-13-2-7-16(22-13)17(21)20-10-8-19(9-11-20)12-14-3-5-15(18)6-4-14/h2-7H,8-12H2,1H3. The molecule has 1 aliphatic rings. The summed E-state index contributed by atoms with van der Waals surface area (Å²) in [4.78, 5) is 18.8. The van der Waals surface area contributed by atoms with Crippen molar-refractivity contribution in [1.29, 1.82) is 0 Å². The Labute approximate surface area is 140 Å². The minimum Gasteiger partial charge on any atom is -0.335 e. The van der Waals surface area contributed by atoms with E-state index < -0.39 is 0 Å². The van der Waals surface area contributed by atoms with Gasteiger partial charge in [0, 0.05) is 42.6 Å². The fraction of sp³-hybridized carbons (Fsp3) is 0.353. The zero-order valence-electron chi connectivity index (χ0n) is 12.6. The molecule has 1 aromatic carbocycles. The minimum atomic E-state index is 0.171. The van der Waals surface area contributed by atoms with E-state index in [4.69, 9.17) is 11.6 Å². The zero-order chi connectivity index (χ0) is 15.5. The third-order valence-corrected chi connectivity index (χ3v) is 5.17. The molecule has 1 amide bonds. The third-order valence-electron chi connectivity index (χ3n) is 3.93. The highest BCUT2D eigenvalue weighted by atomic mass is 35.5. The molecule has 0 unspecified atom stereocenters. The number of piperazine rings is 1. The first-order chi connectivity index (χ1) is 10.6. The van der Waals surface area contributed by atoms with Crippen LogP contribution in [0.1, 0.15) is 20.1 Å². The Balaban J connectivity index is 1.54. The summed E-state index contributed by atoms with van der Waals surface area (Å²) in [5.74, 6) is 0.171. The molecule has 3 nitrogen and oxygen atoms in total. The molecule has 0 radical (unpaired) electrons. The molecule has 0 N–H and O–H groups in total. The number of thiophene rings is 1. The molecular formula is C17H19ClN2OS. The Bertz CT molecular complexity index is 645. The monoisotopic (exact) mass is 334 g/mol. The van der Waals surface area contributed by atoms with Gasteiger partial charge >= 0.3 is 0 Å². The molecule has 0 aliphatic carbocycles. The number of rotatable bonds is 3. The number of halogens is 1. The second kappa shape index (κ2) is 6.82. The van der Waals surface area contributed by atoms with Gasteiger partial charge in [-0.25, -0.2) is 0 Å². The highest BCUT2D eigenvalue weighted by Gasteiger charge is 2.22. The lowest BCUT2D eigenvalue weighted by molar-refractivity contribution is 0.0633. The quantitative estimate of drug-likeness (QED) is 0.855. The van der Waals surface area contributed by atoms with Gasteiger partial charge in [0.1, 0.15) is 0 Å². The number of hydrogen-bond donors (Lipinski definition) is 0. The van der Waals surface area contributed by atoms with Crippen LogP contribution in [0.2, 0.25) is 5.02 Å². The molecule has 116 valence electrons. The molecule has 1 saturated heterocycles. The number of amides is 1. The molecule has 0 spiro atoms. The molecule has 0 saturated carbocycles. The van der Waals surface area contributed by atoms with Gasteiger partial charge in [-0.15, -0.1) is 11.3 Å². The molecule has 0 atom stereocenters. The van der Waals surface area contributed by atoms with Crippen molar-refractivity contribution in [3.8, 4) is 0 Å². The molecule has 1 aromatic heterocycles. The van der Waals surface area contributed by atoms with Crippen molar-refractivity contribution >= 4 is 28.8 Å². The van der Waals surface area contributed by atoms with Crippen molar-refractivity contribution < 1.29 is 4.79 Å². The van der Waals surface area contributed by atoms with Crippen LogP contribution in [0.5, 0.6) is 0 Å². The maximum Gasteiger partial charge on any atom is 0.264 e. The van der Waals surface area contributed by atoms with Crippen LogP contribution >= 0.6 is 22.9 Å². The van der Waals surface area contributed by atoms with Crippen LogP contribution in [0.25, 0.3) is 0 Å². The van der Waals surface area contributed by atoms with Gasteiger partial charge in [0.25, 0.3) is 5.91 Å². The maximum absolute atomic E-state index is 12.4. The van der Waals surface area contributed by atoms with E-state index in [0.717, 1.165) is 42.6 Å². The number of benzene rings is 1. The van der Waals surface area contributed by atoms with Crippen LogP contribution in [-0.4, -0.2) is 41.9 Å². The molecule has 2 heterocycles. The van der Waals surface area contributed by atoms with E-state index in [0.29, 0.717) is 0 Å². The summed E-state index contributed by atoms with van der Waals surface area (Å²) in [6.45, 7) is 6.37. The van der Waals surface area contributed by atoms with E-state index in [1.807, 2.05) is 36.1 Å². The zero-order valence-corrected chi connectivity index (χ0v) is 14.2. The van der Waals surface area contributed by atoms with Crippen LogP contribution in [0.15, 0.2) is 36.4 Å². The van der Waals surface area contributed by atoms with Gasteiger partial charge in [-0.1, -0.05) is 23.7 Å². The van der Waals surface area contributed by atoms with Crippen molar-refractivity contribution in [3.05, 3.63) is 56.7 Å². The van der Waals surface area contributed by atoms with E-state index in [2.05, 4.69) is 17.0 Å². The molecule has 3 rings (SSSR count). The van der Waals surface area contributed by atoms with Gasteiger partial charge in [0.2, 0.25) is 0 Å². The fourth-order valence-electron chi connectivity index (χ4n) is 2.66. The maximum atomic E-state index is 12.4. The van der Waals surface area contributed by atoms with Gasteiger partial charge in [-0.2, -0.15) is 0 Å². The van der Waals surface area contributed by atoms with E-state index in [-0.39, 0.29) is 5.91 Å². The first kappa shape index (κ1) is 15.5. The predicted molar refractivity (Wildman–Crippen MR) is 91.7 cm³/mol. The Kier molecular flexibility index (Phi) is 4.81. The Morgan fingerprint density at radius 1 is 1.09 bits per heavy atom. The minimum absolute atomic E-state index is 0.171. The molecule has 0 bridgehead atoms. The molecule has 1 fully saturated rings. The molecule has 1 aliphatic heterocycles. The van der Waals surface area contributed by atoms with Gasteiger partial charge in [-0.3, -0.25) is 9.69 Å². The van der Waals surface area contributed by atoms with Crippen LogP contribution in [-0.2, 0) is 6.54 Å². The number of aryl methyl sites for hydroxylation is 1. The first-order valence-corrected chi connectivity index (χ1v) is 8.64. The third kappa shape index (κ3) is 3.69. The number of carbonyl (C=O) groups excluding carboxylic acids is 1. The Morgan fingerprint density at radius 2 is 1.77 bits per heavy atom. The van der Waals surface area contributed by atoms with Gasteiger partial charge in [-0.05, 0) is 36.8 Å². The number of nitrogens with zero attached hydrogens (tertiary/aromatic N) is 2. The topological polar surface area (TPSA) is 23.6 Å². The van der Waals surface area contributed by atoms with Crippen molar-refractivity contribution in [2.45, 2.75) is 13.5 Å². The lowest BCUT2D eigenvalue weighted by Gasteiger charge is -2.34. The Morgan fingerprint density at radius 3 is 2.36 bits per heavy atom. The van der Waals surface area contributed by atoms with Gasteiger partial charge in [0.15, 0.2) is 0 Å². The van der Waals surface area contributed by atoms with Crippen molar-refractivity contribution in [3.63, 3.8) is 0 Å². The van der Waals surface area contributed by atoms with Crippen LogP contribution in [0.4, 0.5) is 0 Å². The average molecular weight is 335 g/mol. The second-order valence-corrected chi connectivity index (χ2v) is 7.33. The highest BCUT2D eigenvalue weighted by Crippen LogP contribution is 2.19. The lowest BCUT2D eigenvalue weighted by Crippen LogP contribution is -2.48. The SMILES string of the molecule is Cc1ccc(C(=O)N2CCN(Cc3ccc(Cl)cc3)CC2)s1. The van der Waals surface area contributed by atoms with E-state index in [1.54, 1.807) is 11.3 Å². The molecule has 22 heavy (non-hydrogen) atoms. The average Bonchev–Trinajstić information content (AvgIpc) is 2.96. The largest absolute Gasteiger partial charge is 0.335 e. The second-order valence-electron chi connectivity index (χ2n) is 5.61. The van der Waals surface area contributed by atoms with Crippen LogP contribution in [0, 0.1) is 6.92 Å². The van der Waals surface area contributed by atoms with Crippen LogP contribution < -0.4 is 0 Å². The summed E-state index contributed by atoms with van der Waals surface area (Å²) in [5, 5.41) is 0.769. The van der Waals surface area contributed by atoms with E-state index in [9.17, 15) is 4.79 Å². The number of hydrogen-bond acceptors (Lipinski definition) is 3. The highest BCUT2D eigenvalue weighted by molar-refractivity contribution is 7.13. The smallest absolute Gasteiger partial charge is 0.264 e. The summed E-state index contributed by atoms with van der Waals surface area (Å²) in [6.07, 6.45) is 0.